The van der Waals surface area contributed by atoms with Crippen molar-refractivity contribution in [3.8, 4) is 0 Å². The summed E-state index contributed by atoms with van der Waals surface area (Å²) in [4.78, 5) is 43.7. The second kappa shape index (κ2) is 10.4. The minimum Gasteiger partial charge on any atom is -0.341 e. The zero-order valence-electron chi connectivity index (χ0n) is 17.3. The minimum absolute atomic E-state index is 0.119. The molecule has 29 heavy (non-hydrogen) atoms. The zero-order valence-corrected chi connectivity index (χ0v) is 17.3. The Hall–Kier alpha value is -2.37. The summed E-state index contributed by atoms with van der Waals surface area (Å²) in [5, 5.41) is 0. The van der Waals surface area contributed by atoms with Crippen molar-refractivity contribution in [3.63, 3.8) is 0 Å². The highest BCUT2D eigenvalue weighted by Gasteiger charge is 2.35. The van der Waals surface area contributed by atoms with Gasteiger partial charge in [-0.25, -0.2) is 4.79 Å². The number of nitrogens with zero attached hydrogens (tertiary/aromatic N) is 1. The Morgan fingerprint density at radius 3 is 2.59 bits per heavy atom. The topological polar surface area (TPSA) is 75.7 Å². The van der Waals surface area contributed by atoms with Gasteiger partial charge in [0.1, 0.15) is 0 Å². The highest BCUT2D eigenvalue weighted by atomic mass is 16.7. The van der Waals surface area contributed by atoms with E-state index in [-0.39, 0.29) is 18.2 Å². The maximum absolute atomic E-state index is 12.7. The van der Waals surface area contributed by atoms with Crippen LogP contribution in [0.4, 0.5) is 0 Å². The maximum Gasteiger partial charge on any atom is 0.332 e. The Morgan fingerprint density at radius 1 is 1.07 bits per heavy atom. The highest BCUT2D eigenvalue weighted by molar-refractivity contribution is 5.84. The maximum atomic E-state index is 12.7. The standard InChI is InChI=1S/C23H32N2O4/c1-17(18-9-3-2-4-10-18)23(28)24-29-22(27)15-7-14-21(26)25-16-8-12-19-11-5-6-13-20(19)25/h2-4,9-10,17,19-20H,5-8,11-16H2,1H3,(H,24,28). The van der Waals surface area contributed by atoms with Crippen LogP contribution in [-0.4, -0.2) is 35.3 Å². The normalized spacial score (nSPS) is 22.3. The number of hydroxylamine groups is 1. The van der Waals surface area contributed by atoms with Gasteiger partial charge in [0, 0.05) is 25.4 Å². The summed E-state index contributed by atoms with van der Waals surface area (Å²) in [6.45, 7) is 2.60. The molecule has 3 rings (SSSR count). The fourth-order valence-corrected chi connectivity index (χ4v) is 4.60. The molecule has 1 aliphatic carbocycles. The van der Waals surface area contributed by atoms with Crippen molar-refractivity contribution in [2.75, 3.05) is 6.54 Å². The van der Waals surface area contributed by atoms with Crippen LogP contribution in [0.5, 0.6) is 0 Å². The molecule has 2 amide bonds. The van der Waals surface area contributed by atoms with Crippen LogP contribution in [0.15, 0.2) is 30.3 Å². The van der Waals surface area contributed by atoms with E-state index in [0.717, 1.165) is 24.9 Å². The fourth-order valence-electron chi connectivity index (χ4n) is 4.60. The van der Waals surface area contributed by atoms with Crippen LogP contribution in [0.25, 0.3) is 0 Å². The lowest BCUT2D eigenvalue weighted by atomic mass is 9.78. The monoisotopic (exact) mass is 400 g/mol. The smallest absolute Gasteiger partial charge is 0.332 e. The summed E-state index contributed by atoms with van der Waals surface area (Å²) < 4.78 is 0. The van der Waals surface area contributed by atoms with Gasteiger partial charge in [-0.2, -0.15) is 5.48 Å². The van der Waals surface area contributed by atoms with Crippen molar-refractivity contribution in [2.24, 2.45) is 5.92 Å². The third-order valence-corrected chi connectivity index (χ3v) is 6.29. The first kappa shape index (κ1) is 21.3. The van der Waals surface area contributed by atoms with E-state index in [1.165, 1.54) is 25.7 Å². The van der Waals surface area contributed by atoms with Gasteiger partial charge in [0.2, 0.25) is 5.91 Å². The van der Waals surface area contributed by atoms with Gasteiger partial charge in [0.15, 0.2) is 0 Å². The van der Waals surface area contributed by atoms with Gasteiger partial charge in [-0.05, 0) is 50.5 Å². The number of fused-ring (bicyclic) bond motifs is 1. The van der Waals surface area contributed by atoms with Crippen molar-refractivity contribution < 1.29 is 19.2 Å². The SMILES string of the molecule is CC(C(=O)NOC(=O)CCCC(=O)N1CCCC2CCCCC21)c1ccccc1. The molecule has 1 heterocycles. The third-order valence-electron chi connectivity index (χ3n) is 6.29. The second-order valence-corrected chi connectivity index (χ2v) is 8.27. The molecule has 6 nitrogen and oxygen atoms in total. The predicted molar refractivity (Wildman–Crippen MR) is 110 cm³/mol. The van der Waals surface area contributed by atoms with E-state index in [1.807, 2.05) is 30.3 Å². The average Bonchev–Trinajstić information content (AvgIpc) is 2.77. The van der Waals surface area contributed by atoms with Crippen molar-refractivity contribution in [1.29, 1.82) is 0 Å². The van der Waals surface area contributed by atoms with Crippen LogP contribution >= 0.6 is 0 Å². The fraction of sp³-hybridized carbons (Fsp3) is 0.609. The van der Waals surface area contributed by atoms with Gasteiger partial charge >= 0.3 is 5.97 Å². The molecule has 3 unspecified atom stereocenters. The predicted octanol–water partition coefficient (Wildman–Crippen LogP) is 3.72. The number of nitrogens with one attached hydrogen (secondary N) is 1. The van der Waals surface area contributed by atoms with Crippen LogP contribution in [0, 0.1) is 5.92 Å². The summed E-state index contributed by atoms with van der Waals surface area (Å²) in [5.41, 5.74) is 3.09. The van der Waals surface area contributed by atoms with Crippen molar-refractivity contribution in [1.82, 2.24) is 10.4 Å². The van der Waals surface area contributed by atoms with Crippen molar-refractivity contribution in [3.05, 3.63) is 35.9 Å². The molecular formula is C23H32N2O4. The minimum atomic E-state index is -0.513. The first-order valence-electron chi connectivity index (χ1n) is 10.9. The van der Waals surface area contributed by atoms with E-state index in [9.17, 15) is 14.4 Å². The van der Waals surface area contributed by atoms with Crippen LogP contribution < -0.4 is 5.48 Å². The van der Waals surface area contributed by atoms with Gasteiger partial charge < -0.3 is 9.74 Å². The van der Waals surface area contributed by atoms with Crippen LogP contribution in [0.1, 0.15) is 76.2 Å². The van der Waals surface area contributed by atoms with Crippen LogP contribution in [0.3, 0.4) is 0 Å². The molecule has 0 spiro atoms. The lowest BCUT2D eigenvalue weighted by Crippen LogP contribution is -2.49. The molecule has 1 aromatic carbocycles. The number of rotatable bonds is 6. The number of carbonyl (C=O) groups is 3. The Labute approximate surface area is 172 Å². The van der Waals surface area contributed by atoms with E-state index in [1.54, 1.807) is 6.92 Å². The summed E-state index contributed by atoms with van der Waals surface area (Å²) in [7, 11) is 0. The Bertz CT molecular complexity index is 704. The van der Waals surface area contributed by atoms with Gasteiger partial charge in [-0.15, -0.1) is 0 Å². The number of piperidine rings is 1. The molecule has 1 saturated carbocycles. The first-order chi connectivity index (χ1) is 14.1. The largest absolute Gasteiger partial charge is 0.341 e. The van der Waals surface area contributed by atoms with E-state index in [2.05, 4.69) is 10.4 Å². The van der Waals surface area contributed by atoms with Gasteiger partial charge in [0.05, 0.1) is 5.92 Å². The highest BCUT2D eigenvalue weighted by Crippen LogP contribution is 2.35. The van der Waals surface area contributed by atoms with Gasteiger partial charge in [-0.1, -0.05) is 43.2 Å². The van der Waals surface area contributed by atoms with E-state index in [4.69, 9.17) is 4.84 Å². The number of hydrogen-bond donors (Lipinski definition) is 1. The molecule has 1 aromatic rings. The Kier molecular flexibility index (Phi) is 7.67. The molecular weight excluding hydrogens is 368 g/mol. The summed E-state index contributed by atoms with van der Waals surface area (Å²) in [6.07, 6.45) is 8.08. The summed E-state index contributed by atoms with van der Waals surface area (Å²) >= 11 is 0. The molecule has 0 aromatic heterocycles. The molecule has 0 radical (unpaired) electrons. The number of amides is 2. The number of likely N-dealkylation sites (tertiary alicyclic amines) is 1. The first-order valence-corrected chi connectivity index (χ1v) is 10.9. The molecule has 0 bridgehead atoms. The lowest BCUT2D eigenvalue weighted by molar-refractivity contribution is -0.158. The molecule has 1 saturated heterocycles. The Morgan fingerprint density at radius 2 is 1.79 bits per heavy atom. The molecule has 1 N–H and O–H groups in total. The molecule has 2 fully saturated rings. The average molecular weight is 401 g/mol. The lowest BCUT2D eigenvalue weighted by Gasteiger charge is -2.44. The molecule has 1 aliphatic heterocycles. The second-order valence-electron chi connectivity index (χ2n) is 8.27. The Balaban J connectivity index is 1.36. The molecule has 2 aliphatic rings. The quantitative estimate of drug-likeness (QED) is 0.739. The van der Waals surface area contributed by atoms with Gasteiger partial charge in [0.25, 0.3) is 5.91 Å². The summed E-state index contributed by atoms with van der Waals surface area (Å²) in [6, 6.07) is 9.72. The van der Waals surface area contributed by atoms with Crippen LogP contribution in [-0.2, 0) is 19.2 Å². The zero-order chi connectivity index (χ0) is 20.6. The third kappa shape index (κ3) is 5.81. The number of hydrogen-bond acceptors (Lipinski definition) is 4. The van der Waals surface area contributed by atoms with Gasteiger partial charge in [-0.3, -0.25) is 9.59 Å². The van der Waals surface area contributed by atoms with Crippen LogP contribution in [0.2, 0.25) is 0 Å². The molecule has 158 valence electrons. The van der Waals surface area contributed by atoms with Crippen molar-refractivity contribution in [2.45, 2.75) is 76.7 Å². The number of carbonyl (C=O) groups excluding carboxylic acids is 3. The molecule has 6 heteroatoms. The molecule has 3 atom stereocenters. The van der Waals surface area contributed by atoms with E-state index in [0.29, 0.717) is 24.8 Å². The van der Waals surface area contributed by atoms with E-state index >= 15 is 0 Å². The number of benzene rings is 1. The van der Waals surface area contributed by atoms with E-state index < -0.39 is 11.9 Å². The summed E-state index contributed by atoms with van der Waals surface area (Å²) in [5.74, 6) is -0.477. The van der Waals surface area contributed by atoms with Crippen molar-refractivity contribution >= 4 is 17.8 Å².